The van der Waals surface area contributed by atoms with Gasteiger partial charge in [0.1, 0.15) is 12.7 Å². The third kappa shape index (κ3) is 4.57. The fraction of sp³-hybridized carbons (Fsp3) is 0.727. The molecule has 0 aromatic heterocycles. The minimum atomic E-state index is -3.69. The van der Waals surface area contributed by atoms with Crippen LogP contribution in [-0.4, -0.2) is 59.9 Å². The molecule has 0 fully saturated rings. The molecule has 0 aromatic carbocycles. The summed E-state index contributed by atoms with van der Waals surface area (Å²) in [6, 6.07) is 0. The van der Waals surface area contributed by atoms with E-state index in [2.05, 4.69) is 11.3 Å². The smallest absolute Gasteiger partial charge is 0.338 e. The van der Waals surface area contributed by atoms with Gasteiger partial charge in [-0.1, -0.05) is 6.58 Å². The van der Waals surface area contributed by atoms with Crippen LogP contribution < -0.4 is 0 Å². The van der Waals surface area contributed by atoms with E-state index in [0.29, 0.717) is 0 Å². The molecule has 8 heteroatoms. The van der Waals surface area contributed by atoms with E-state index in [0.717, 1.165) is 0 Å². The Morgan fingerprint density at radius 3 is 2.16 bits per heavy atom. The molecular weight excluding hydrogens is 276 g/mol. The van der Waals surface area contributed by atoms with Crippen molar-refractivity contribution in [3.05, 3.63) is 11.5 Å². The molecule has 3 N–H and O–H groups in total. The number of carbonyl (C=O) groups excluding carboxylic acids is 1. The molecule has 0 aromatic rings. The molecule has 19 heavy (non-hydrogen) atoms. The minimum absolute atomic E-state index is 0.306. The summed E-state index contributed by atoms with van der Waals surface area (Å²) in [5.41, 5.74) is 0. The van der Waals surface area contributed by atoms with E-state index in [1.165, 1.54) is 20.8 Å². The van der Waals surface area contributed by atoms with Crippen molar-refractivity contribution < 1.29 is 33.3 Å². The molecule has 0 amide bonds. The van der Waals surface area contributed by atoms with E-state index >= 15 is 0 Å². The first-order valence-corrected chi connectivity index (χ1v) is 6.99. The summed E-state index contributed by atoms with van der Waals surface area (Å²) >= 11 is 0. The van der Waals surface area contributed by atoms with Gasteiger partial charge in [-0.3, -0.25) is 0 Å². The van der Waals surface area contributed by atoms with Crippen molar-refractivity contribution in [1.82, 2.24) is 0 Å². The topological polar surface area (TPSA) is 121 Å². The van der Waals surface area contributed by atoms with Gasteiger partial charge in [0, 0.05) is 0 Å². The number of sulfone groups is 1. The predicted molar refractivity (Wildman–Crippen MR) is 67.9 cm³/mol. The van der Waals surface area contributed by atoms with Gasteiger partial charge in [0.15, 0.2) is 15.9 Å². The Morgan fingerprint density at radius 2 is 1.79 bits per heavy atom. The fourth-order valence-electron chi connectivity index (χ4n) is 1.00. The van der Waals surface area contributed by atoms with Gasteiger partial charge in [0.2, 0.25) is 0 Å². The van der Waals surface area contributed by atoms with E-state index in [9.17, 15) is 18.3 Å². The standard InChI is InChI=1S/C11H20O7S/c1-7(19(16,17)11(2,3)4)6-18-10(15)9(14)8(13)5-12/h8-9,12-14H,1,5-6H2,2-4H3. The molecular formula is C11H20O7S. The van der Waals surface area contributed by atoms with Gasteiger partial charge < -0.3 is 20.1 Å². The Balaban J connectivity index is 4.60. The molecule has 0 aliphatic carbocycles. The fourth-order valence-corrected chi connectivity index (χ4v) is 2.08. The lowest BCUT2D eigenvalue weighted by Gasteiger charge is -2.21. The van der Waals surface area contributed by atoms with Crippen molar-refractivity contribution in [3.8, 4) is 0 Å². The zero-order chi connectivity index (χ0) is 15.4. The Morgan fingerprint density at radius 1 is 1.32 bits per heavy atom. The molecule has 2 unspecified atom stereocenters. The molecule has 0 radical (unpaired) electrons. The average Bonchev–Trinajstić information content (AvgIpc) is 2.31. The first kappa shape index (κ1) is 18.0. The van der Waals surface area contributed by atoms with Gasteiger partial charge in [-0.05, 0) is 20.8 Å². The number of rotatable bonds is 6. The Hall–Kier alpha value is -0.960. The van der Waals surface area contributed by atoms with Crippen molar-refractivity contribution in [2.75, 3.05) is 13.2 Å². The number of ether oxygens (including phenoxy) is 1. The van der Waals surface area contributed by atoms with Crippen LogP contribution in [0.15, 0.2) is 11.5 Å². The molecule has 2 atom stereocenters. The van der Waals surface area contributed by atoms with E-state index in [1.807, 2.05) is 0 Å². The second-order valence-corrected chi connectivity index (χ2v) is 7.77. The first-order valence-electron chi connectivity index (χ1n) is 5.51. The summed E-state index contributed by atoms with van der Waals surface area (Å²) in [7, 11) is -3.69. The van der Waals surface area contributed by atoms with Crippen LogP contribution in [0.2, 0.25) is 0 Å². The molecule has 0 aliphatic heterocycles. The molecule has 0 aliphatic rings. The van der Waals surface area contributed by atoms with Crippen LogP contribution in [0.3, 0.4) is 0 Å². The van der Waals surface area contributed by atoms with Crippen molar-refractivity contribution >= 4 is 15.8 Å². The normalized spacial score (nSPS) is 15.7. The molecule has 7 nitrogen and oxygen atoms in total. The van der Waals surface area contributed by atoms with Gasteiger partial charge in [-0.15, -0.1) is 0 Å². The summed E-state index contributed by atoms with van der Waals surface area (Å²) in [5, 5.41) is 26.7. The van der Waals surface area contributed by atoms with Crippen LogP contribution in [0.1, 0.15) is 20.8 Å². The van der Waals surface area contributed by atoms with Crippen molar-refractivity contribution in [3.63, 3.8) is 0 Å². The summed E-state index contributed by atoms with van der Waals surface area (Å²) in [6.07, 6.45) is -3.62. The number of hydrogen-bond acceptors (Lipinski definition) is 7. The van der Waals surface area contributed by atoms with Gasteiger partial charge in [-0.2, -0.15) is 0 Å². The minimum Gasteiger partial charge on any atom is -0.458 e. The summed E-state index contributed by atoms with van der Waals surface area (Å²) < 4.78 is 27.2. The highest BCUT2D eigenvalue weighted by atomic mass is 32.2. The first-order chi connectivity index (χ1) is 8.45. The third-order valence-corrected chi connectivity index (χ3v) is 4.84. The number of hydrogen-bond donors (Lipinski definition) is 3. The predicted octanol–water partition coefficient (Wildman–Crippen LogP) is -1.03. The van der Waals surface area contributed by atoms with Crippen LogP contribution in [-0.2, 0) is 19.4 Å². The maximum absolute atomic E-state index is 11.9. The number of carbonyl (C=O) groups is 1. The lowest BCUT2D eigenvalue weighted by molar-refractivity contribution is -0.160. The van der Waals surface area contributed by atoms with E-state index in [4.69, 9.17) is 10.2 Å². The Bertz CT molecular complexity index is 432. The molecule has 0 spiro atoms. The van der Waals surface area contributed by atoms with Crippen LogP contribution in [0.5, 0.6) is 0 Å². The van der Waals surface area contributed by atoms with E-state index in [-0.39, 0.29) is 4.91 Å². The number of esters is 1. The molecule has 0 saturated carbocycles. The SMILES string of the molecule is C=C(COC(=O)C(O)C(O)CO)S(=O)(=O)C(C)(C)C. The van der Waals surface area contributed by atoms with E-state index in [1.54, 1.807) is 0 Å². The van der Waals surface area contributed by atoms with Gasteiger partial charge in [-0.25, -0.2) is 13.2 Å². The molecule has 0 rings (SSSR count). The number of aliphatic hydroxyl groups is 3. The zero-order valence-corrected chi connectivity index (χ0v) is 12.0. The van der Waals surface area contributed by atoms with Crippen LogP contribution >= 0.6 is 0 Å². The highest BCUT2D eigenvalue weighted by Gasteiger charge is 2.33. The largest absolute Gasteiger partial charge is 0.458 e. The molecule has 112 valence electrons. The molecule has 0 bridgehead atoms. The lowest BCUT2D eigenvalue weighted by atomic mass is 10.2. The Kier molecular flexibility index (Phi) is 6.14. The molecule has 0 saturated heterocycles. The highest BCUT2D eigenvalue weighted by Crippen LogP contribution is 2.22. The van der Waals surface area contributed by atoms with E-state index < -0.39 is 46.0 Å². The van der Waals surface area contributed by atoms with Crippen molar-refractivity contribution in [2.45, 2.75) is 37.7 Å². The average molecular weight is 296 g/mol. The highest BCUT2D eigenvalue weighted by molar-refractivity contribution is 7.96. The quantitative estimate of drug-likeness (QED) is 0.536. The summed E-state index contributed by atoms with van der Waals surface area (Å²) in [6.45, 7) is 6.31. The maximum atomic E-state index is 11.9. The number of aliphatic hydroxyl groups excluding tert-OH is 3. The summed E-state index contributed by atoms with van der Waals surface area (Å²) in [5.74, 6) is -1.23. The zero-order valence-electron chi connectivity index (χ0n) is 11.2. The monoisotopic (exact) mass is 296 g/mol. The summed E-state index contributed by atoms with van der Waals surface area (Å²) in [4.78, 5) is 10.9. The van der Waals surface area contributed by atoms with Crippen LogP contribution in [0.25, 0.3) is 0 Å². The second-order valence-electron chi connectivity index (χ2n) is 4.96. The Labute approximate surface area is 112 Å². The van der Waals surface area contributed by atoms with Crippen molar-refractivity contribution in [1.29, 1.82) is 0 Å². The van der Waals surface area contributed by atoms with Gasteiger partial charge in [0.25, 0.3) is 0 Å². The van der Waals surface area contributed by atoms with Crippen molar-refractivity contribution in [2.24, 2.45) is 0 Å². The van der Waals surface area contributed by atoms with Gasteiger partial charge in [0.05, 0.1) is 16.3 Å². The van der Waals surface area contributed by atoms with Crippen LogP contribution in [0, 0.1) is 0 Å². The van der Waals surface area contributed by atoms with Gasteiger partial charge >= 0.3 is 5.97 Å². The maximum Gasteiger partial charge on any atom is 0.338 e. The second kappa shape index (κ2) is 6.47. The van der Waals surface area contributed by atoms with Crippen LogP contribution in [0.4, 0.5) is 0 Å². The lowest BCUT2D eigenvalue weighted by Crippen LogP contribution is -2.38. The molecule has 0 heterocycles. The third-order valence-electron chi connectivity index (χ3n) is 2.35.